The van der Waals surface area contributed by atoms with Crippen molar-refractivity contribution in [2.45, 2.75) is 32.4 Å². The number of amides is 1. The van der Waals surface area contributed by atoms with Crippen molar-refractivity contribution in [3.8, 4) is 6.07 Å². The number of nitrogens with zero attached hydrogens (tertiary/aromatic N) is 3. The topological polar surface area (TPSA) is 99.3 Å². The second-order valence-electron chi connectivity index (χ2n) is 5.28. The third-order valence-electron chi connectivity index (χ3n) is 3.48. The number of carbonyl (C=O) groups excluding carboxylic acids is 1. The van der Waals surface area contributed by atoms with Gasteiger partial charge in [-0.25, -0.2) is 0 Å². The maximum Gasteiger partial charge on any atom is 0.270 e. The van der Waals surface area contributed by atoms with Gasteiger partial charge in [-0.15, -0.1) is 0 Å². The van der Waals surface area contributed by atoms with E-state index in [-0.39, 0.29) is 29.2 Å². The highest BCUT2D eigenvalue weighted by Gasteiger charge is 2.31. The first kappa shape index (κ1) is 14.8. The van der Waals surface area contributed by atoms with Crippen LogP contribution >= 0.6 is 0 Å². The van der Waals surface area contributed by atoms with Gasteiger partial charge < -0.3 is 10.2 Å². The van der Waals surface area contributed by atoms with Crippen molar-refractivity contribution in [1.29, 1.82) is 5.26 Å². The summed E-state index contributed by atoms with van der Waals surface area (Å²) in [5, 5.41) is 22.9. The molecule has 21 heavy (non-hydrogen) atoms. The van der Waals surface area contributed by atoms with Crippen LogP contribution in [0.3, 0.4) is 0 Å². The van der Waals surface area contributed by atoms with Gasteiger partial charge in [0.25, 0.3) is 5.69 Å². The molecule has 0 aliphatic carbocycles. The summed E-state index contributed by atoms with van der Waals surface area (Å²) in [6.45, 7) is 4.47. The molecule has 1 aromatic rings. The maximum atomic E-state index is 11.8. The minimum atomic E-state index is -0.537. The molecule has 1 N–H and O–H groups in total. The zero-order valence-corrected chi connectivity index (χ0v) is 11.9. The van der Waals surface area contributed by atoms with Gasteiger partial charge in [-0.05, 0) is 19.9 Å². The molecular weight excluding hydrogens is 272 g/mol. The molecule has 110 valence electrons. The molecule has 1 atom stereocenters. The molecule has 0 spiro atoms. The number of nitro benzene ring substituents is 1. The van der Waals surface area contributed by atoms with Crippen molar-refractivity contribution in [2.24, 2.45) is 0 Å². The number of rotatable bonds is 4. The van der Waals surface area contributed by atoms with Gasteiger partial charge in [-0.1, -0.05) is 0 Å². The number of hydrogen-bond acceptors (Lipinski definition) is 5. The first-order valence-corrected chi connectivity index (χ1v) is 6.67. The van der Waals surface area contributed by atoms with Crippen LogP contribution in [0, 0.1) is 21.4 Å². The lowest BCUT2D eigenvalue weighted by Crippen LogP contribution is -2.33. The number of nitriles is 1. The lowest BCUT2D eigenvalue weighted by Gasteiger charge is -2.21. The van der Waals surface area contributed by atoms with Gasteiger partial charge in [0.1, 0.15) is 6.07 Å². The van der Waals surface area contributed by atoms with Gasteiger partial charge in [0.05, 0.1) is 22.2 Å². The van der Waals surface area contributed by atoms with Crippen molar-refractivity contribution in [3.63, 3.8) is 0 Å². The number of non-ortho nitro benzene ring substituents is 1. The molecule has 1 aliphatic rings. The molecule has 7 heteroatoms. The van der Waals surface area contributed by atoms with Crippen LogP contribution < -0.4 is 5.32 Å². The van der Waals surface area contributed by atoms with E-state index in [1.807, 2.05) is 19.9 Å². The summed E-state index contributed by atoms with van der Waals surface area (Å²) in [5.41, 5.74) is 0.606. The van der Waals surface area contributed by atoms with Crippen LogP contribution in [0.15, 0.2) is 18.2 Å². The van der Waals surface area contributed by atoms with Crippen molar-refractivity contribution < 1.29 is 9.72 Å². The fourth-order valence-corrected chi connectivity index (χ4v) is 2.41. The van der Waals surface area contributed by atoms with Crippen LogP contribution in [0.5, 0.6) is 0 Å². The van der Waals surface area contributed by atoms with Crippen molar-refractivity contribution >= 4 is 17.3 Å². The van der Waals surface area contributed by atoms with E-state index in [2.05, 4.69) is 5.32 Å². The first-order valence-electron chi connectivity index (χ1n) is 6.67. The van der Waals surface area contributed by atoms with E-state index >= 15 is 0 Å². The lowest BCUT2D eigenvalue weighted by atomic mass is 10.1. The highest BCUT2D eigenvalue weighted by molar-refractivity contribution is 5.80. The van der Waals surface area contributed by atoms with E-state index in [1.54, 1.807) is 4.90 Å². The van der Waals surface area contributed by atoms with Crippen molar-refractivity contribution in [3.05, 3.63) is 33.9 Å². The minimum absolute atomic E-state index is 0.0721. The number of nitrogens with one attached hydrogen (secondary N) is 1. The average molecular weight is 288 g/mol. The molecule has 1 heterocycles. The molecular formula is C14H16N4O3. The molecule has 0 radical (unpaired) electrons. The number of likely N-dealkylation sites (tertiary alicyclic amines) is 1. The predicted molar refractivity (Wildman–Crippen MR) is 76.7 cm³/mol. The molecule has 1 saturated heterocycles. The van der Waals surface area contributed by atoms with Crippen LogP contribution in [-0.2, 0) is 4.79 Å². The van der Waals surface area contributed by atoms with Gasteiger partial charge in [0, 0.05) is 31.1 Å². The van der Waals surface area contributed by atoms with Gasteiger partial charge in [-0.2, -0.15) is 5.26 Å². The molecule has 1 amide bonds. The summed E-state index contributed by atoms with van der Waals surface area (Å²) in [5.74, 6) is 0.0721. The third-order valence-corrected chi connectivity index (χ3v) is 3.48. The molecule has 0 saturated carbocycles. The quantitative estimate of drug-likeness (QED) is 0.673. The average Bonchev–Trinajstić information content (AvgIpc) is 2.80. The van der Waals surface area contributed by atoms with Gasteiger partial charge in [-0.3, -0.25) is 14.9 Å². The van der Waals surface area contributed by atoms with E-state index in [9.17, 15) is 14.9 Å². The largest absolute Gasteiger partial charge is 0.379 e. The Morgan fingerprint density at radius 3 is 2.76 bits per heavy atom. The van der Waals surface area contributed by atoms with E-state index in [1.165, 1.54) is 18.2 Å². The van der Waals surface area contributed by atoms with Crippen LogP contribution in [0.2, 0.25) is 0 Å². The molecule has 1 aliphatic heterocycles. The molecule has 0 bridgehead atoms. The van der Waals surface area contributed by atoms with E-state index in [0.29, 0.717) is 18.7 Å². The highest BCUT2D eigenvalue weighted by atomic mass is 16.6. The van der Waals surface area contributed by atoms with E-state index < -0.39 is 4.92 Å². The van der Waals surface area contributed by atoms with Crippen LogP contribution in [0.4, 0.5) is 11.4 Å². The minimum Gasteiger partial charge on any atom is -0.379 e. The predicted octanol–water partition coefficient (Wildman–Crippen LogP) is 1.89. The zero-order valence-electron chi connectivity index (χ0n) is 11.9. The Hall–Kier alpha value is -2.62. The number of anilines is 1. The fraction of sp³-hybridized carbons (Fsp3) is 0.429. The highest BCUT2D eigenvalue weighted by Crippen LogP contribution is 2.24. The SMILES string of the molecule is CC(C)N1C[C@@H](Nc2ccc([N+](=O)[O-])cc2C#N)CC1=O. The summed E-state index contributed by atoms with van der Waals surface area (Å²) in [6.07, 6.45) is 0.361. The molecule has 0 aromatic heterocycles. The van der Waals surface area contributed by atoms with Crippen LogP contribution in [0.1, 0.15) is 25.8 Å². The summed E-state index contributed by atoms with van der Waals surface area (Å²) in [4.78, 5) is 23.8. The Morgan fingerprint density at radius 2 is 2.24 bits per heavy atom. The lowest BCUT2D eigenvalue weighted by molar-refractivity contribution is -0.384. The Balaban J connectivity index is 2.16. The molecule has 1 aromatic carbocycles. The second kappa shape index (κ2) is 5.79. The van der Waals surface area contributed by atoms with Crippen LogP contribution in [-0.4, -0.2) is 34.4 Å². The molecule has 2 rings (SSSR count). The summed E-state index contributed by atoms with van der Waals surface area (Å²) in [7, 11) is 0. The zero-order chi connectivity index (χ0) is 15.6. The smallest absolute Gasteiger partial charge is 0.270 e. The van der Waals surface area contributed by atoms with Gasteiger partial charge in [0.2, 0.25) is 5.91 Å². The third kappa shape index (κ3) is 3.11. The monoisotopic (exact) mass is 288 g/mol. The summed E-state index contributed by atoms with van der Waals surface area (Å²) in [6, 6.07) is 6.09. The second-order valence-corrected chi connectivity index (χ2v) is 5.28. The van der Waals surface area contributed by atoms with Gasteiger partial charge in [0.15, 0.2) is 0 Å². The standard InChI is InChI=1S/C14H16N4O3/c1-9(2)17-8-11(6-14(17)19)16-13-4-3-12(18(20)21)5-10(13)7-15/h3-5,9,11,16H,6,8H2,1-2H3/t11-/m0/s1. The summed E-state index contributed by atoms with van der Waals surface area (Å²) >= 11 is 0. The maximum absolute atomic E-state index is 11.8. The molecule has 7 nitrogen and oxygen atoms in total. The Labute approximate surface area is 122 Å². The number of benzene rings is 1. The molecule has 1 fully saturated rings. The van der Waals surface area contributed by atoms with Crippen LogP contribution in [0.25, 0.3) is 0 Å². The Kier molecular flexibility index (Phi) is 4.08. The fourth-order valence-electron chi connectivity index (χ4n) is 2.41. The van der Waals surface area contributed by atoms with Crippen molar-refractivity contribution in [1.82, 2.24) is 4.90 Å². The number of carbonyl (C=O) groups is 1. The van der Waals surface area contributed by atoms with E-state index in [0.717, 1.165) is 0 Å². The normalized spacial score (nSPS) is 17.9. The number of hydrogen-bond donors (Lipinski definition) is 1. The number of nitro groups is 1. The van der Waals surface area contributed by atoms with Crippen molar-refractivity contribution in [2.75, 3.05) is 11.9 Å². The Morgan fingerprint density at radius 1 is 1.52 bits per heavy atom. The van der Waals surface area contributed by atoms with Gasteiger partial charge >= 0.3 is 0 Å². The van der Waals surface area contributed by atoms with E-state index in [4.69, 9.17) is 5.26 Å². The summed E-state index contributed by atoms with van der Waals surface area (Å²) < 4.78 is 0. The first-order chi connectivity index (χ1) is 9.92. The molecule has 0 unspecified atom stereocenters. The Bertz CT molecular complexity index is 621.